The molecule has 2 aromatic rings. The predicted molar refractivity (Wildman–Crippen MR) is 71.6 cm³/mol. The second-order valence-electron chi connectivity index (χ2n) is 4.43. The summed E-state index contributed by atoms with van der Waals surface area (Å²) in [6.07, 6.45) is 3.36. The van der Waals surface area contributed by atoms with Crippen molar-refractivity contribution in [3.63, 3.8) is 0 Å². The molecule has 2 heterocycles. The molecule has 1 aliphatic heterocycles. The molecule has 0 amide bonds. The molecule has 0 spiro atoms. The monoisotopic (exact) mass is 265 g/mol. The summed E-state index contributed by atoms with van der Waals surface area (Å²) in [5.41, 5.74) is 7.79. The number of allylic oxidation sites excluding steroid dienone is 1. The Bertz CT molecular complexity index is 733. The van der Waals surface area contributed by atoms with Crippen LogP contribution in [-0.2, 0) is 0 Å². The average molecular weight is 265 g/mol. The number of phenols is 1. The van der Waals surface area contributed by atoms with Gasteiger partial charge in [-0.15, -0.1) is 0 Å². The Morgan fingerprint density at radius 1 is 1.35 bits per heavy atom. The largest absolute Gasteiger partial charge is 0.508 e. The molecule has 0 unspecified atom stereocenters. The number of nitrogens with two attached hydrogens (primary N) is 1. The first-order chi connectivity index (χ1) is 9.70. The maximum Gasteiger partial charge on any atom is 0.205 e. The molecular formula is C15H11N3O2. The van der Waals surface area contributed by atoms with Crippen LogP contribution >= 0.6 is 0 Å². The van der Waals surface area contributed by atoms with Gasteiger partial charge in [0.15, 0.2) is 0 Å². The van der Waals surface area contributed by atoms with Crippen LogP contribution in [0, 0.1) is 11.3 Å². The van der Waals surface area contributed by atoms with Crippen LogP contribution < -0.4 is 10.5 Å². The molecule has 5 heteroatoms. The summed E-state index contributed by atoms with van der Waals surface area (Å²) in [4.78, 5) is 4.08. The van der Waals surface area contributed by atoms with Crippen molar-refractivity contribution in [2.24, 2.45) is 5.73 Å². The molecule has 98 valence electrons. The van der Waals surface area contributed by atoms with E-state index in [9.17, 15) is 10.4 Å². The number of pyridine rings is 1. The minimum absolute atomic E-state index is 0.0550. The smallest absolute Gasteiger partial charge is 0.205 e. The molecule has 0 fully saturated rings. The summed E-state index contributed by atoms with van der Waals surface area (Å²) >= 11 is 0. The fraction of sp³-hybridized carbons (Fsp3) is 0.0667. The minimum atomic E-state index is -0.335. The topological polar surface area (TPSA) is 92.2 Å². The van der Waals surface area contributed by atoms with Gasteiger partial charge in [0.05, 0.1) is 5.92 Å². The lowest BCUT2D eigenvalue weighted by Gasteiger charge is -2.26. The Morgan fingerprint density at radius 2 is 2.20 bits per heavy atom. The van der Waals surface area contributed by atoms with E-state index in [0.717, 1.165) is 11.1 Å². The first-order valence-corrected chi connectivity index (χ1v) is 6.01. The summed E-state index contributed by atoms with van der Waals surface area (Å²) in [6, 6.07) is 10.5. The lowest BCUT2D eigenvalue weighted by Crippen LogP contribution is -2.21. The van der Waals surface area contributed by atoms with Crippen molar-refractivity contribution in [3.8, 4) is 17.6 Å². The van der Waals surface area contributed by atoms with Gasteiger partial charge in [0.1, 0.15) is 23.1 Å². The maximum absolute atomic E-state index is 9.54. The average Bonchev–Trinajstić information content (AvgIpc) is 2.46. The third-order valence-electron chi connectivity index (χ3n) is 3.22. The van der Waals surface area contributed by atoms with E-state index in [1.807, 2.05) is 6.07 Å². The summed E-state index contributed by atoms with van der Waals surface area (Å²) < 4.78 is 5.42. The zero-order chi connectivity index (χ0) is 14.1. The second kappa shape index (κ2) is 4.59. The predicted octanol–water partition coefficient (Wildman–Crippen LogP) is 2.01. The van der Waals surface area contributed by atoms with Crippen molar-refractivity contribution in [1.82, 2.24) is 4.98 Å². The Balaban J connectivity index is 2.23. The zero-order valence-corrected chi connectivity index (χ0v) is 10.4. The van der Waals surface area contributed by atoms with Gasteiger partial charge in [0.2, 0.25) is 5.88 Å². The van der Waals surface area contributed by atoms with Crippen molar-refractivity contribution in [2.45, 2.75) is 5.92 Å². The lowest BCUT2D eigenvalue weighted by atomic mass is 9.84. The van der Waals surface area contributed by atoms with Gasteiger partial charge < -0.3 is 15.6 Å². The van der Waals surface area contributed by atoms with Crippen molar-refractivity contribution in [2.75, 3.05) is 0 Å². The van der Waals surface area contributed by atoms with Gasteiger partial charge >= 0.3 is 0 Å². The number of benzene rings is 1. The van der Waals surface area contributed by atoms with Crippen molar-refractivity contribution >= 4 is 0 Å². The number of ether oxygens (including phenoxy) is 1. The molecule has 1 aromatic heterocycles. The van der Waals surface area contributed by atoms with Crippen LogP contribution in [0.4, 0.5) is 0 Å². The highest BCUT2D eigenvalue weighted by Gasteiger charge is 2.30. The van der Waals surface area contributed by atoms with Crippen molar-refractivity contribution in [1.29, 1.82) is 5.26 Å². The van der Waals surface area contributed by atoms with E-state index < -0.39 is 0 Å². The Morgan fingerprint density at radius 3 is 2.90 bits per heavy atom. The highest BCUT2D eigenvalue weighted by Crippen LogP contribution is 2.42. The van der Waals surface area contributed by atoms with Crippen LogP contribution in [0.2, 0.25) is 0 Å². The quantitative estimate of drug-likeness (QED) is 0.822. The summed E-state index contributed by atoms with van der Waals surface area (Å²) in [5, 5.41) is 18.9. The van der Waals surface area contributed by atoms with E-state index in [1.54, 1.807) is 30.6 Å². The van der Waals surface area contributed by atoms with Crippen molar-refractivity contribution < 1.29 is 9.84 Å². The molecule has 20 heavy (non-hydrogen) atoms. The summed E-state index contributed by atoms with van der Waals surface area (Å²) in [5.74, 6) is 0.259. The Hall–Kier alpha value is -3.00. The number of hydrogen-bond donors (Lipinski definition) is 2. The maximum atomic E-state index is 9.54. The summed E-state index contributed by atoms with van der Waals surface area (Å²) in [7, 11) is 0. The Kier molecular flexibility index (Phi) is 2.77. The zero-order valence-electron chi connectivity index (χ0n) is 10.4. The van der Waals surface area contributed by atoms with Crippen LogP contribution in [0.5, 0.6) is 11.5 Å². The number of aromatic nitrogens is 1. The fourth-order valence-electron chi connectivity index (χ4n) is 2.33. The number of phenolic OH excluding ortho intramolecular Hbond substituents is 1. The Labute approximate surface area is 115 Å². The molecular weight excluding hydrogens is 254 g/mol. The molecule has 0 radical (unpaired) electrons. The van der Waals surface area contributed by atoms with Gasteiger partial charge in [-0.05, 0) is 17.7 Å². The number of nitriles is 1. The van der Waals surface area contributed by atoms with Crippen LogP contribution in [0.3, 0.4) is 0 Å². The number of hydrogen-bond acceptors (Lipinski definition) is 5. The molecule has 0 saturated heterocycles. The molecule has 1 aromatic carbocycles. The molecule has 0 aliphatic carbocycles. The van der Waals surface area contributed by atoms with Crippen LogP contribution in [0.15, 0.2) is 54.2 Å². The second-order valence-corrected chi connectivity index (χ2v) is 4.43. The van der Waals surface area contributed by atoms with Crippen LogP contribution in [0.1, 0.15) is 17.0 Å². The van der Waals surface area contributed by atoms with Crippen LogP contribution in [0.25, 0.3) is 0 Å². The molecule has 5 nitrogen and oxygen atoms in total. The third kappa shape index (κ3) is 1.84. The molecule has 1 atom stereocenters. The van der Waals surface area contributed by atoms with Gasteiger partial charge in [0, 0.05) is 24.0 Å². The number of nitrogens with zero attached hydrogens (tertiary/aromatic N) is 2. The molecule has 1 aliphatic rings. The van der Waals surface area contributed by atoms with E-state index in [0.29, 0.717) is 11.3 Å². The van der Waals surface area contributed by atoms with Gasteiger partial charge in [0.25, 0.3) is 0 Å². The van der Waals surface area contributed by atoms with Crippen molar-refractivity contribution in [3.05, 3.63) is 65.3 Å². The van der Waals surface area contributed by atoms with Gasteiger partial charge in [-0.3, -0.25) is 4.98 Å². The minimum Gasteiger partial charge on any atom is -0.508 e. The summed E-state index contributed by atoms with van der Waals surface area (Å²) in [6.45, 7) is 0. The SMILES string of the molecule is N#CC1=C(N)Oc2cc(O)ccc2[C@H]1c1cccnc1. The standard InChI is InChI=1S/C15H11N3O2/c16-7-12-14(9-2-1-5-18-8-9)11-4-3-10(19)6-13(11)20-15(12)17/h1-6,8,14,19H,17H2/t14-/m1/s1. The van der Waals surface area contributed by atoms with Gasteiger partial charge in [-0.2, -0.15) is 5.26 Å². The molecule has 0 saturated carbocycles. The van der Waals surface area contributed by atoms with E-state index in [4.69, 9.17) is 10.5 Å². The van der Waals surface area contributed by atoms with E-state index in [-0.39, 0.29) is 17.6 Å². The first-order valence-electron chi connectivity index (χ1n) is 6.01. The van der Waals surface area contributed by atoms with E-state index in [1.165, 1.54) is 6.07 Å². The highest BCUT2D eigenvalue weighted by molar-refractivity contribution is 5.56. The van der Waals surface area contributed by atoms with Crippen LogP contribution in [-0.4, -0.2) is 10.1 Å². The lowest BCUT2D eigenvalue weighted by molar-refractivity contribution is 0.388. The van der Waals surface area contributed by atoms with E-state index >= 15 is 0 Å². The first kappa shape index (κ1) is 12.1. The number of rotatable bonds is 1. The molecule has 3 N–H and O–H groups in total. The van der Waals surface area contributed by atoms with Gasteiger partial charge in [-0.1, -0.05) is 12.1 Å². The van der Waals surface area contributed by atoms with E-state index in [2.05, 4.69) is 11.1 Å². The van der Waals surface area contributed by atoms with Gasteiger partial charge in [-0.25, -0.2) is 0 Å². The molecule has 0 bridgehead atoms. The highest BCUT2D eigenvalue weighted by atomic mass is 16.5. The molecule has 3 rings (SSSR count). The normalized spacial score (nSPS) is 17.1. The fourth-order valence-corrected chi connectivity index (χ4v) is 2.33. The number of aromatic hydroxyl groups is 1. The third-order valence-corrected chi connectivity index (χ3v) is 3.22. The number of fused-ring (bicyclic) bond motifs is 1.